The Morgan fingerprint density at radius 2 is 2.00 bits per heavy atom. The van der Waals surface area contributed by atoms with Crippen molar-refractivity contribution >= 4 is 11.8 Å². The van der Waals surface area contributed by atoms with Crippen molar-refractivity contribution in [3.63, 3.8) is 0 Å². The molecule has 0 bridgehead atoms. The van der Waals surface area contributed by atoms with Gasteiger partial charge in [0.1, 0.15) is 11.9 Å². The summed E-state index contributed by atoms with van der Waals surface area (Å²) < 4.78 is 5.61. The maximum absolute atomic E-state index is 12.4. The number of rotatable bonds is 6. The number of aliphatic hydroxyl groups is 1. The molecule has 0 spiro atoms. The predicted octanol–water partition coefficient (Wildman–Crippen LogP) is 5.17. The standard InChI is InChI=1S/C24H38O4/c1-6-7-10-17(2)15-18(3)16-22(26)23-12-9-8-11-19(4)21(25)14-13-20(5)24(27)28-23/h7,9-10,12,15,18-20,22-23,26H,6,8,11,13-14,16H2,1-5H3/b10-7+,12-9+,17-15+/t18-,19-,20-,22-,23-/m0/s1/i1+1,5+1,6+1,8+1,9+1,10+1,11+1,12+1,13+1,14+1,15+1,16+1,17+1,18+1,19+1,22+1,23+1. The number of carbonyl (C=O) groups is 2. The number of Topliss-reactive ketones (excluding diaryl/α,β-unsaturated/α-hetero) is 1. The minimum atomic E-state index is -0.761. The highest BCUT2D eigenvalue weighted by Gasteiger charge is 2.26. The molecule has 1 aliphatic heterocycles. The fourth-order valence-corrected chi connectivity index (χ4v) is 3.35. The van der Waals surface area contributed by atoms with Crippen LogP contribution >= 0.6 is 0 Å². The highest BCUT2D eigenvalue weighted by atomic mass is 16.6. The van der Waals surface area contributed by atoms with Gasteiger partial charge in [-0.25, -0.2) is 0 Å². The molecule has 1 aliphatic rings. The minimum absolute atomic E-state index is 0.0000180. The smallest absolute Gasteiger partial charge is 0.309 e. The van der Waals surface area contributed by atoms with Crippen LogP contribution in [-0.4, -0.2) is 29.1 Å². The molecule has 158 valence electrons. The van der Waals surface area contributed by atoms with E-state index in [0.717, 1.165) is 19.3 Å². The van der Waals surface area contributed by atoms with Crippen molar-refractivity contribution in [1.29, 1.82) is 0 Å². The molecule has 4 heteroatoms. The van der Waals surface area contributed by atoms with Crippen LogP contribution in [0.4, 0.5) is 0 Å². The van der Waals surface area contributed by atoms with Crippen LogP contribution in [0.5, 0.6) is 0 Å². The van der Waals surface area contributed by atoms with Gasteiger partial charge in [0.15, 0.2) is 0 Å². The lowest BCUT2D eigenvalue weighted by Gasteiger charge is -2.24. The number of ether oxygens (including phenoxy) is 1. The predicted molar refractivity (Wildman–Crippen MR) is 114 cm³/mol. The van der Waals surface area contributed by atoms with Gasteiger partial charge in [0.05, 0.1) is 12.0 Å². The zero-order chi connectivity index (χ0) is 21.1. The molecule has 0 amide bonds. The van der Waals surface area contributed by atoms with Crippen LogP contribution in [0.1, 0.15) is 73.1 Å². The number of hydrogen-bond donors (Lipinski definition) is 1. The SMILES string of the molecule is C[13C](/[13CH]=C/[13CH2][13CH3])=[13CH]\[13C@H](C)[13CH2][13C@H](O)[13C@@H]1/[13CH]=[13CH]/[13CH2][13CH2][13C@H](C)C(=O)[13CH2][13CH2][C@H]([13CH3])C(=O)O1. The third-order valence-corrected chi connectivity index (χ3v) is 5.28. The summed E-state index contributed by atoms with van der Waals surface area (Å²) in [6.07, 6.45) is 12.6. The maximum atomic E-state index is 12.4. The normalized spacial score (nSPS) is 28.9. The van der Waals surface area contributed by atoms with E-state index < -0.39 is 12.2 Å². The number of carbonyl (C=O) groups excluding carboxylic acids is 2. The molecule has 0 saturated heterocycles. The monoisotopic (exact) mass is 407 g/mol. The van der Waals surface area contributed by atoms with E-state index in [1.807, 2.05) is 13.0 Å². The second kappa shape index (κ2) is 12.7. The first-order valence-corrected chi connectivity index (χ1v) is 10.7. The van der Waals surface area contributed by atoms with E-state index in [-0.39, 0.29) is 29.5 Å². The fourth-order valence-electron chi connectivity index (χ4n) is 3.35. The molecule has 0 fully saturated rings. The Labute approximate surface area is 170 Å². The maximum Gasteiger partial charge on any atom is 0.309 e. The van der Waals surface area contributed by atoms with E-state index in [2.05, 4.69) is 39.0 Å². The summed E-state index contributed by atoms with van der Waals surface area (Å²) in [6.45, 7) is 9.94. The Morgan fingerprint density at radius 1 is 1.29 bits per heavy atom. The number of hydrogen-bond acceptors (Lipinski definition) is 4. The van der Waals surface area contributed by atoms with E-state index in [1.165, 1.54) is 5.57 Å². The quantitative estimate of drug-likeness (QED) is 0.286. The molecule has 0 radical (unpaired) electrons. The average Bonchev–Trinajstić information content (AvgIpc) is 2.64. The zero-order valence-electron chi connectivity index (χ0n) is 18.2. The van der Waals surface area contributed by atoms with Crippen LogP contribution in [-0.2, 0) is 14.3 Å². The van der Waals surface area contributed by atoms with E-state index in [4.69, 9.17) is 4.74 Å². The van der Waals surface area contributed by atoms with Crippen LogP contribution in [0.25, 0.3) is 0 Å². The molecule has 0 aliphatic carbocycles. The molecular weight excluding hydrogens is 369 g/mol. The van der Waals surface area contributed by atoms with Crippen molar-refractivity contribution in [2.45, 2.75) is 85.4 Å². The molecule has 5 atom stereocenters. The van der Waals surface area contributed by atoms with Gasteiger partial charge in [-0.15, -0.1) is 0 Å². The van der Waals surface area contributed by atoms with Crippen LogP contribution in [0.3, 0.4) is 0 Å². The summed E-state index contributed by atoms with van der Waals surface area (Å²) in [6, 6.07) is 0. The lowest BCUT2D eigenvalue weighted by atomic mass is 10.4. The summed E-state index contributed by atoms with van der Waals surface area (Å²) in [5, 5.41) is 10.7. The topological polar surface area (TPSA) is 63.6 Å². The zero-order valence-corrected chi connectivity index (χ0v) is 18.2. The van der Waals surface area contributed by atoms with Crippen LogP contribution in [0.15, 0.2) is 36.0 Å². The van der Waals surface area contributed by atoms with Crippen LogP contribution in [0.2, 0.25) is 0 Å². The van der Waals surface area contributed by atoms with E-state index >= 15 is 0 Å². The molecule has 1 N–H and O–H groups in total. The van der Waals surface area contributed by atoms with Crippen LogP contribution < -0.4 is 0 Å². The van der Waals surface area contributed by atoms with Gasteiger partial charge in [0.2, 0.25) is 0 Å². The Kier molecular flexibility index (Phi) is 11.1. The van der Waals surface area contributed by atoms with Gasteiger partial charge >= 0.3 is 5.97 Å². The first-order valence-electron chi connectivity index (χ1n) is 10.7. The molecule has 0 aromatic heterocycles. The molecular formula is C24H38O4. The Balaban J connectivity index is 2.83. The van der Waals surface area contributed by atoms with Crippen LogP contribution in [0, 0.1) is 17.8 Å². The van der Waals surface area contributed by atoms with Crippen molar-refractivity contribution < 1.29 is 19.4 Å². The molecule has 0 aromatic rings. The van der Waals surface area contributed by atoms with Crippen molar-refractivity contribution in [3.05, 3.63) is 36.0 Å². The molecule has 0 unspecified atom stereocenters. The van der Waals surface area contributed by atoms with E-state index in [1.54, 1.807) is 13.0 Å². The molecule has 1 heterocycles. The van der Waals surface area contributed by atoms with Crippen molar-refractivity contribution in [2.24, 2.45) is 17.8 Å². The summed E-state index contributed by atoms with van der Waals surface area (Å²) in [4.78, 5) is 24.5. The Hall–Kier alpha value is -1.68. The first-order chi connectivity index (χ1) is 13.2. The average molecular weight is 407 g/mol. The van der Waals surface area contributed by atoms with Gasteiger partial charge in [-0.05, 0) is 51.0 Å². The Morgan fingerprint density at radius 3 is 2.68 bits per heavy atom. The number of aliphatic hydroxyl groups excluding tert-OH is 1. The van der Waals surface area contributed by atoms with Crippen molar-refractivity contribution in [1.82, 2.24) is 0 Å². The Bertz CT molecular complexity index is 587. The number of cyclic esters (lactones) is 1. The third-order valence-electron chi connectivity index (χ3n) is 5.28. The molecule has 0 aromatic carbocycles. The van der Waals surface area contributed by atoms with Gasteiger partial charge in [-0.3, -0.25) is 9.59 Å². The molecule has 1 rings (SSSR count). The number of ketones is 1. The highest BCUT2D eigenvalue weighted by molar-refractivity contribution is 5.81. The van der Waals surface area contributed by atoms with Gasteiger partial charge < -0.3 is 9.84 Å². The summed E-state index contributed by atoms with van der Waals surface area (Å²) in [7, 11) is 0. The first kappa shape index (κ1) is 24.4. The highest BCUT2D eigenvalue weighted by Crippen LogP contribution is 2.21. The summed E-state index contributed by atoms with van der Waals surface area (Å²) in [5.74, 6) is -0.323. The number of esters is 1. The fraction of sp³-hybridized carbons (Fsp3) is 0.667. The molecule has 4 nitrogen and oxygen atoms in total. The second-order valence-corrected chi connectivity index (χ2v) is 8.22. The van der Waals surface area contributed by atoms with Crippen molar-refractivity contribution in [2.75, 3.05) is 0 Å². The van der Waals surface area contributed by atoms with E-state index in [9.17, 15) is 14.7 Å². The largest absolute Gasteiger partial charge is 0.455 e. The molecule has 28 heavy (non-hydrogen) atoms. The van der Waals surface area contributed by atoms with Crippen molar-refractivity contribution in [3.8, 4) is 0 Å². The lowest BCUT2D eigenvalue weighted by molar-refractivity contribution is -0.156. The van der Waals surface area contributed by atoms with Gasteiger partial charge in [-0.2, -0.15) is 0 Å². The van der Waals surface area contributed by atoms with Gasteiger partial charge in [0.25, 0.3) is 0 Å². The number of allylic oxidation sites excluding steroid dienone is 5. The second-order valence-electron chi connectivity index (χ2n) is 8.22. The summed E-state index contributed by atoms with van der Waals surface area (Å²) >= 11 is 0. The van der Waals surface area contributed by atoms with E-state index in [0.29, 0.717) is 19.3 Å². The lowest BCUT2D eigenvalue weighted by Crippen LogP contribution is -2.33. The molecule has 0 saturated carbocycles. The van der Waals surface area contributed by atoms with Gasteiger partial charge in [0, 0.05) is 12.3 Å². The van der Waals surface area contributed by atoms with Gasteiger partial charge in [-0.1, -0.05) is 57.6 Å². The minimum Gasteiger partial charge on any atom is -0.455 e. The summed E-state index contributed by atoms with van der Waals surface area (Å²) in [5.41, 5.74) is 1.17. The third kappa shape index (κ3) is 9.01.